The van der Waals surface area contributed by atoms with Crippen LogP contribution in [0.1, 0.15) is 68.8 Å². The first-order chi connectivity index (χ1) is 20.8. The van der Waals surface area contributed by atoms with Crippen LogP contribution in [0, 0.1) is 5.92 Å². The van der Waals surface area contributed by atoms with Gasteiger partial charge < -0.3 is 24.3 Å². The minimum absolute atomic E-state index is 0.0409. The van der Waals surface area contributed by atoms with Crippen molar-refractivity contribution in [1.29, 1.82) is 0 Å². The number of fused-ring (bicyclic) bond motifs is 1. The van der Waals surface area contributed by atoms with Crippen LogP contribution >= 0.6 is 0 Å². The van der Waals surface area contributed by atoms with Crippen LogP contribution in [0.2, 0.25) is 0 Å². The van der Waals surface area contributed by atoms with Gasteiger partial charge in [0.15, 0.2) is 11.5 Å². The zero-order chi connectivity index (χ0) is 30.5. The lowest BCUT2D eigenvalue weighted by Gasteiger charge is -2.28. The Kier molecular flexibility index (Phi) is 9.56. The molecular weight excluding hydrogens is 544 g/mol. The van der Waals surface area contributed by atoms with Crippen molar-refractivity contribution in [3.8, 4) is 17.2 Å². The quantitative estimate of drug-likeness (QED) is 0.265. The molecule has 8 nitrogen and oxygen atoms in total. The lowest BCUT2D eigenvalue weighted by molar-refractivity contribution is -0.149. The van der Waals surface area contributed by atoms with Crippen molar-refractivity contribution in [2.45, 2.75) is 65.5 Å². The largest absolute Gasteiger partial charge is 0.491 e. The Morgan fingerprint density at radius 3 is 2.26 bits per heavy atom. The summed E-state index contributed by atoms with van der Waals surface area (Å²) in [5, 5.41) is 3.22. The van der Waals surface area contributed by atoms with E-state index in [0.717, 1.165) is 46.5 Å². The second-order valence-corrected chi connectivity index (χ2v) is 11.3. The molecule has 43 heavy (non-hydrogen) atoms. The molecular formula is C35H42N2O6. The van der Waals surface area contributed by atoms with Gasteiger partial charge in [0.25, 0.3) is 0 Å². The predicted molar refractivity (Wildman–Crippen MR) is 166 cm³/mol. The molecule has 0 radical (unpaired) electrons. The average molecular weight is 587 g/mol. The van der Waals surface area contributed by atoms with Crippen molar-refractivity contribution in [3.63, 3.8) is 0 Å². The molecule has 0 aliphatic carbocycles. The molecule has 0 unspecified atom stereocenters. The summed E-state index contributed by atoms with van der Waals surface area (Å²) in [6.07, 6.45) is 1.68. The van der Waals surface area contributed by atoms with Crippen molar-refractivity contribution in [3.05, 3.63) is 82.9 Å². The number of hydrogen-bond acceptors (Lipinski definition) is 7. The van der Waals surface area contributed by atoms with Gasteiger partial charge in [-0.2, -0.15) is 0 Å². The number of esters is 1. The van der Waals surface area contributed by atoms with Crippen LogP contribution in [0.25, 0.3) is 0 Å². The molecule has 1 N–H and O–H groups in total. The normalized spacial score (nSPS) is 19.4. The molecule has 0 spiro atoms. The number of amides is 1. The van der Waals surface area contributed by atoms with Gasteiger partial charge in [0.05, 0.1) is 25.2 Å². The Balaban J connectivity index is 1.51. The second kappa shape index (κ2) is 13.5. The second-order valence-electron chi connectivity index (χ2n) is 11.3. The van der Waals surface area contributed by atoms with Gasteiger partial charge in [0, 0.05) is 24.2 Å². The highest BCUT2D eigenvalue weighted by Crippen LogP contribution is 2.48. The molecule has 3 aromatic rings. The van der Waals surface area contributed by atoms with Crippen molar-refractivity contribution in [1.82, 2.24) is 4.90 Å². The topological polar surface area (TPSA) is 86.3 Å². The van der Waals surface area contributed by atoms with E-state index in [2.05, 4.69) is 36.2 Å². The third kappa shape index (κ3) is 6.64. The monoisotopic (exact) mass is 586 g/mol. The van der Waals surface area contributed by atoms with E-state index < -0.39 is 5.92 Å². The summed E-state index contributed by atoms with van der Waals surface area (Å²) in [7, 11) is 0. The standard InChI is InChI=1S/C35H42N2O6/c1-6-23-10-9-11-24(7-2)33(23)36-31(38)20-37-19-28(26-14-17-29-30(18-26)42-21-41-29)32(35(39)40-8-3)34(37)25-12-15-27(16-13-25)43-22(4)5/h9-18,22,28,32,34H,6-8,19-21H2,1-5H3,(H,36,38)/t28-,32-,34+/m1/s1. The van der Waals surface area contributed by atoms with Crippen LogP contribution in [0.15, 0.2) is 60.7 Å². The smallest absolute Gasteiger partial charge is 0.311 e. The van der Waals surface area contributed by atoms with Crippen LogP contribution in [0.5, 0.6) is 17.2 Å². The highest BCUT2D eigenvalue weighted by atomic mass is 16.7. The number of hydrogen-bond donors (Lipinski definition) is 1. The molecule has 3 atom stereocenters. The summed E-state index contributed by atoms with van der Waals surface area (Å²) in [4.78, 5) is 29.6. The molecule has 1 saturated heterocycles. The number of carbonyl (C=O) groups is 2. The van der Waals surface area contributed by atoms with Crippen molar-refractivity contribution >= 4 is 17.6 Å². The summed E-state index contributed by atoms with van der Waals surface area (Å²) in [5.41, 5.74) is 4.97. The van der Waals surface area contributed by atoms with Crippen LogP contribution < -0.4 is 19.5 Å². The Morgan fingerprint density at radius 2 is 1.60 bits per heavy atom. The Bertz CT molecular complexity index is 1410. The van der Waals surface area contributed by atoms with Crippen LogP contribution in [0.3, 0.4) is 0 Å². The van der Waals surface area contributed by atoms with Crippen LogP contribution in [-0.2, 0) is 27.2 Å². The van der Waals surface area contributed by atoms with Gasteiger partial charge in [-0.25, -0.2) is 0 Å². The molecule has 1 fully saturated rings. The fraction of sp³-hybridized carbons (Fsp3) is 0.429. The van der Waals surface area contributed by atoms with Crippen LogP contribution in [-0.4, -0.2) is 49.4 Å². The van der Waals surface area contributed by atoms with E-state index >= 15 is 0 Å². The predicted octanol–water partition coefficient (Wildman–Crippen LogP) is 6.29. The van der Waals surface area contributed by atoms with E-state index in [4.69, 9.17) is 18.9 Å². The SMILES string of the molecule is CCOC(=O)[C@@H]1[C@@H](c2ccc3c(c2)OCO3)CN(CC(=O)Nc2c(CC)cccc2CC)[C@H]1c1ccc(OC(C)C)cc1. The molecule has 0 aromatic heterocycles. The molecule has 5 rings (SSSR count). The number of likely N-dealkylation sites (tertiary alicyclic amines) is 1. The molecule has 2 heterocycles. The van der Waals surface area contributed by atoms with Gasteiger partial charge in [-0.1, -0.05) is 50.2 Å². The summed E-state index contributed by atoms with van der Waals surface area (Å²) in [5.74, 6) is 0.922. The Labute approximate surface area is 254 Å². The summed E-state index contributed by atoms with van der Waals surface area (Å²) < 4.78 is 22.8. The fourth-order valence-corrected chi connectivity index (χ4v) is 6.28. The maximum absolute atomic E-state index is 13.7. The molecule has 3 aromatic carbocycles. The number of nitrogens with one attached hydrogen (secondary N) is 1. The fourth-order valence-electron chi connectivity index (χ4n) is 6.28. The first kappa shape index (κ1) is 30.4. The molecule has 0 saturated carbocycles. The maximum atomic E-state index is 13.7. The number of ether oxygens (including phenoxy) is 4. The molecule has 0 bridgehead atoms. The number of benzene rings is 3. The van der Waals surface area contributed by atoms with Crippen LogP contribution in [0.4, 0.5) is 5.69 Å². The lowest BCUT2D eigenvalue weighted by Crippen LogP contribution is -2.35. The van der Waals surface area contributed by atoms with Crippen molar-refractivity contribution in [2.24, 2.45) is 5.92 Å². The molecule has 228 valence electrons. The molecule has 8 heteroatoms. The first-order valence-electron chi connectivity index (χ1n) is 15.3. The summed E-state index contributed by atoms with van der Waals surface area (Å²) in [6.45, 7) is 11.0. The number of rotatable bonds is 11. The van der Waals surface area contributed by atoms with E-state index in [-0.39, 0.29) is 49.9 Å². The molecule has 2 aliphatic rings. The number of para-hydroxylation sites is 1. The minimum Gasteiger partial charge on any atom is -0.491 e. The zero-order valence-electron chi connectivity index (χ0n) is 25.7. The van der Waals surface area contributed by atoms with Gasteiger partial charge in [0.2, 0.25) is 12.7 Å². The van der Waals surface area contributed by atoms with E-state index in [1.807, 2.05) is 69.3 Å². The van der Waals surface area contributed by atoms with Crippen molar-refractivity contribution < 1.29 is 28.5 Å². The average Bonchev–Trinajstić information content (AvgIpc) is 3.62. The Morgan fingerprint density at radius 1 is 0.930 bits per heavy atom. The molecule has 2 aliphatic heterocycles. The van der Waals surface area contributed by atoms with Crippen molar-refractivity contribution in [2.75, 3.05) is 31.8 Å². The highest BCUT2D eigenvalue weighted by molar-refractivity contribution is 5.94. The summed E-state index contributed by atoms with van der Waals surface area (Å²) >= 11 is 0. The number of carbonyl (C=O) groups excluding carboxylic acids is 2. The lowest BCUT2D eigenvalue weighted by atomic mass is 9.82. The number of aryl methyl sites for hydroxylation is 2. The summed E-state index contributed by atoms with van der Waals surface area (Å²) in [6, 6.07) is 19.4. The van der Waals surface area contributed by atoms with Gasteiger partial charge in [0.1, 0.15) is 5.75 Å². The first-order valence-corrected chi connectivity index (χ1v) is 15.3. The maximum Gasteiger partial charge on any atom is 0.311 e. The van der Waals surface area contributed by atoms with Gasteiger partial charge in [-0.3, -0.25) is 14.5 Å². The number of anilines is 1. The number of nitrogens with zero attached hydrogens (tertiary/aromatic N) is 1. The Hall–Kier alpha value is -4.04. The zero-order valence-corrected chi connectivity index (χ0v) is 25.7. The van der Waals surface area contributed by atoms with E-state index in [1.165, 1.54) is 0 Å². The van der Waals surface area contributed by atoms with E-state index in [9.17, 15) is 9.59 Å². The third-order valence-electron chi connectivity index (χ3n) is 8.19. The highest BCUT2D eigenvalue weighted by Gasteiger charge is 2.48. The van der Waals surface area contributed by atoms with Gasteiger partial charge in [-0.05, 0) is 80.1 Å². The van der Waals surface area contributed by atoms with E-state index in [0.29, 0.717) is 18.0 Å². The van der Waals surface area contributed by atoms with E-state index in [1.54, 1.807) is 0 Å². The third-order valence-corrected chi connectivity index (χ3v) is 8.19. The molecule has 1 amide bonds. The van der Waals surface area contributed by atoms with Gasteiger partial charge >= 0.3 is 5.97 Å². The van der Waals surface area contributed by atoms with Gasteiger partial charge in [-0.15, -0.1) is 0 Å². The minimum atomic E-state index is -0.542.